The van der Waals surface area contributed by atoms with Crippen LogP contribution < -0.4 is 0 Å². The molecule has 0 radical (unpaired) electrons. The highest BCUT2D eigenvalue weighted by Crippen LogP contribution is 2.15. The number of carboxylic acid groups (broad SMARTS) is 1. The molecule has 0 spiro atoms. The number of carboxylic acids is 1. The van der Waals surface area contributed by atoms with E-state index >= 15 is 0 Å². The standard InChI is InChI=1S/C7H6F3NO4/c8-7(9,10)3-14-2-5-11-4(1-15-5)6(12)13/h1H,2-3H2,(H,12,13). The lowest BCUT2D eigenvalue weighted by Crippen LogP contribution is -2.16. The molecule has 1 rings (SSSR count). The molecule has 5 nitrogen and oxygen atoms in total. The maximum Gasteiger partial charge on any atom is 0.411 e. The molecule has 1 N–H and O–H groups in total. The molecule has 1 aromatic rings. The molecule has 0 saturated carbocycles. The quantitative estimate of drug-likeness (QED) is 0.839. The van der Waals surface area contributed by atoms with Crippen LogP contribution in [0.1, 0.15) is 16.4 Å². The summed E-state index contributed by atoms with van der Waals surface area (Å²) < 4.78 is 43.6. The fourth-order valence-electron chi connectivity index (χ4n) is 0.729. The highest BCUT2D eigenvalue weighted by molar-refractivity contribution is 5.84. The first-order valence-corrected chi connectivity index (χ1v) is 3.70. The van der Waals surface area contributed by atoms with Crippen LogP contribution in [-0.2, 0) is 11.3 Å². The van der Waals surface area contributed by atoms with E-state index in [2.05, 4.69) is 14.1 Å². The van der Waals surface area contributed by atoms with Gasteiger partial charge in [0.1, 0.15) is 19.5 Å². The van der Waals surface area contributed by atoms with Crippen LogP contribution in [0.4, 0.5) is 13.2 Å². The van der Waals surface area contributed by atoms with Crippen LogP contribution in [0.5, 0.6) is 0 Å². The molecule has 0 aromatic carbocycles. The first-order valence-electron chi connectivity index (χ1n) is 3.70. The molecular formula is C7H6F3NO4. The van der Waals surface area contributed by atoms with Crippen LogP contribution in [0.15, 0.2) is 10.7 Å². The molecule has 0 aliphatic carbocycles. The summed E-state index contributed by atoms with van der Waals surface area (Å²) in [4.78, 5) is 13.7. The van der Waals surface area contributed by atoms with Gasteiger partial charge in [-0.15, -0.1) is 0 Å². The zero-order valence-electron chi connectivity index (χ0n) is 7.24. The van der Waals surface area contributed by atoms with Gasteiger partial charge in [0.2, 0.25) is 5.89 Å². The summed E-state index contributed by atoms with van der Waals surface area (Å²) in [5.41, 5.74) is -0.374. The van der Waals surface area contributed by atoms with E-state index in [1.165, 1.54) is 0 Å². The largest absolute Gasteiger partial charge is 0.476 e. The molecule has 0 bridgehead atoms. The number of hydrogen-bond donors (Lipinski definition) is 1. The van der Waals surface area contributed by atoms with Crippen LogP contribution >= 0.6 is 0 Å². The number of carbonyl (C=O) groups is 1. The van der Waals surface area contributed by atoms with E-state index < -0.39 is 25.4 Å². The second-order valence-electron chi connectivity index (χ2n) is 2.54. The van der Waals surface area contributed by atoms with Crippen molar-refractivity contribution in [3.8, 4) is 0 Å². The molecule has 0 fully saturated rings. The fraction of sp³-hybridized carbons (Fsp3) is 0.429. The van der Waals surface area contributed by atoms with Crippen LogP contribution in [0.2, 0.25) is 0 Å². The Morgan fingerprint density at radius 3 is 2.73 bits per heavy atom. The number of alkyl halides is 3. The average molecular weight is 225 g/mol. The van der Waals surface area contributed by atoms with Crippen molar-refractivity contribution < 1.29 is 32.2 Å². The minimum absolute atomic E-state index is 0.211. The Hall–Kier alpha value is -1.57. The van der Waals surface area contributed by atoms with Gasteiger partial charge in [-0.1, -0.05) is 0 Å². The Balaban J connectivity index is 2.41. The van der Waals surface area contributed by atoms with Crippen molar-refractivity contribution in [2.45, 2.75) is 12.8 Å². The fourth-order valence-corrected chi connectivity index (χ4v) is 0.729. The molecule has 0 atom stereocenters. The molecule has 0 aliphatic heterocycles. The summed E-state index contributed by atoms with van der Waals surface area (Å²) in [5, 5.41) is 8.41. The Labute approximate surface area is 81.5 Å². The molecular weight excluding hydrogens is 219 g/mol. The Kier molecular flexibility index (Phi) is 3.30. The zero-order chi connectivity index (χ0) is 11.5. The number of halogens is 3. The summed E-state index contributed by atoms with van der Waals surface area (Å²) in [6, 6.07) is 0. The number of ether oxygens (including phenoxy) is 1. The number of aromatic carboxylic acids is 1. The van der Waals surface area contributed by atoms with Gasteiger partial charge in [-0.3, -0.25) is 0 Å². The molecule has 84 valence electrons. The lowest BCUT2D eigenvalue weighted by atomic mass is 10.5. The summed E-state index contributed by atoms with van der Waals surface area (Å²) in [5.74, 6) is -1.53. The van der Waals surface area contributed by atoms with E-state index in [-0.39, 0.29) is 11.6 Å². The van der Waals surface area contributed by atoms with Gasteiger partial charge in [-0.25, -0.2) is 9.78 Å². The third-order valence-corrected chi connectivity index (χ3v) is 1.26. The van der Waals surface area contributed by atoms with Crippen molar-refractivity contribution >= 4 is 5.97 Å². The van der Waals surface area contributed by atoms with E-state index in [9.17, 15) is 18.0 Å². The van der Waals surface area contributed by atoms with E-state index in [0.29, 0.717) is 0 Å². The van der Waals surface area contributed by atoms with Crippen molar-refractivity contribution in [2.75, 3.05) is 6.61 Å². The topological polar surface area (TPSA) is 72.6 Å². The molecule has 0 aliphatic rings. The lowest BCUT2D eigenvalue weighted by molar-refractivity contribution is -0.177. The average Bonchev–Trinajstić information content (AvgIpc) is 2.50. The van der Waals surface area contributed by atoms with Gasteiger partial charge in [-0.2, -0.15) is 13.2 Å². The van der Waals surface area contributed by atoms with Crippen LogP contribution in [0.3, 0.4) is 0 Å². The van der Waals surface area contributed by atoms with Crippen LogP contribution in [-0.4, -0.2) is 28.8 Å². The molecule has 0 unspecified atom stereocenters. The lowest BCUT2D eigenvalue weighted by Gasteiger charge is -2.04. The number of aromatic nitrogens is 1. The van der Waals surface area contributed by atoms with Crippen molar-refractivity contribution in [3.63, 3.8) is 0 Å². The second kappa shape index (κ2) is 4.30. The van der Waals surface area contributed by atoms with Gasteiger partial charge >= 0.3 is 12.1 Å². The molecule has 15 heavy (non-hydrogen) atoms. The molecule has 0 amide bonds. The first kappa shape index (κ1) is 11.5. The monoisotopic (exact) mass is 225 g/mol. The molecule has 8 heteroatoms. The minimum Gasteiger partial charge on any atom is -0.476 e. The predicted molar refractivity (Wildman–Crippen MR) is 39.2 cm³/mol. The zero-order valence-corrected chi connectivity index (χ0v) is 7.24. The van der Waals surface area contributed by atoms with E-state index in [0.717, 1.165) is 6.26 Å². The number of oxazole rings is 1. The second-order valence-corrected chi connectivity index (χ2v) is 2.54. The number of hydrogen-bond acceptors (Lipinski definition) is 4. The third kappa shape index (κ3) is 3.98. The van der Waals surface area contributed by atoms with Gasteiger partial charge < -0.3 is 14.3 Å². The van der Waals surface area contributed by atoms with Gasteiger partial charge in [0.05, 0.1) is 0 Å². The van der Waals surface area contributed by atoms with Gasteiger partial charge in [-0.05, 0) is 0 Å². The van der Waals surface area contributed by atoms with Crippen molar-refractivity contribution in [2.24, 2.45) is 0 Å². The Morgan fingerprint density at radius 1 is 1.60 bits per heavy atom. The van der Waals surface area contributed by atoms with Crippen LogP contribution in [0, 0.1) is 0 Å². The van der Waals surface area contributed by atoms with Gasteiger partial charge in [0.25, 0.3) is 0 Å². The van der Waals surface area contributed by atoms with E-state index in [4.69, 9.17) is 5.11 Å². The highest BCUT2D eigenvalue weighted by Gasteiger charge is 2.27. The summed E-state index contributed by atoms with van der Waals surface area (Å²) in [6.45, 7) is -1.95. The van der Waals surface area contributed by atoms with Crippen molar-refractivity contribution in [1.82, 2.24) is 4.98 Å². The smallest absolute Gasteiger partial charge is 0.411 e. The summed E-state index contributed by atoms with van der Waals surface area (Å²) >= 11 is 0. The van der Waals surface area contributed by atoms with E-state index in [1.54, 1.807) is 0 Å². The third-order valence-electron chi connectivity index (χ3n) is 1.26. The number of rotatable bonds is 4. The summed E-state index contributed by atoms with van der Waals surface area (Å²) in [7, 11) is 0. The van der Waals surface area contributed by atoms with Gasteiger partial charge in [0.15, 0.2) is 5.69 Å². The van der Waals surface area contributed by atoms with Gasteiger partial charge in [0, 0.05) is 0 Å². The predicted octanol–water partition coefficient (Wildman–Crippen LogP) is 1.45. The summed E-state index contributed by atoms with van der Waals surface area (Å²) in [6.07, 6.45) is -3.60. The normalized spacial score (nSPS) is 11.7. The highest BCUT2D eigenvalue weighted by atomic mass is 19.4. The SMILES string of the molecule is O=C(O)c1coc(COCC(F)(F)F)n1. The Morgan fingerprint density at radius 2 is 2.27 bits per heavy atom. The molecule has 1 aromatic heterocycles. The minimum atomic E-state index is -4.43. The first-order chi connectivity index (χ1) is 6.88. The maximum absolute atomic E-state index is 11.6. The van der Waals surface area contributed by atoms with E-state index in [1.807, 2.05) is 0 Å². The maximum atomic E-state index is 11.6. The van der Waals surface area contributed by atoms with Crippen molar-refractivity contribution in [3.05, 3.63) is 17.8 Å². The Bertz CT molecular complexity index is 346. The van der Waals surface area contributed by atoms with Crippen LogP contribution in [0.25, 0.3) is 0 Å². The molecule has 0 saturated heterocycles. The molecule has 1 heterocycles. The number of nitrogens with zero attached hydrogens (tertiary/aromatic N) is 1. The van der Waals surface area contributed by atoms with Crippen molar-refractivity contribution in [1.29, 1.82) is 0 Å².